The zero-order valence-corrected chi connectivity index (χ0v) is 9.54. The number of nitrogens with zero attached hydrogens (tertiary/aromatic N) is 1. The van der Waals surface area contributed by atoms with Crippen LogP contribution in [0.25, 0.3) is 6.08 Å². The van der Waals surface area contributed by atoms with Gasteiger partial charge in [-0.25, -0.2) is 0 Å². The normalized spacial score (nSPS) is 20.1. The number of benzene rings is 1. The molecule has 0 radical (unpaired) electrons. The lowest BCUT2D eigenvalue weighted by molar-refractivity contribution is -0.125. The number of hydrogen-bond donors (Lipinski definition) is 2. The second-order valence-corrected chi connectivity index (χ2v) is 4.23. The maximum Gasteiger partial charge on any atom is 0.246 e. The van der Waals surface area contributed by atoms with Crippen LogP contribution in [0.3, 0.4) is 0 Å². The highest BCUT2D eigenvalue weighted by molar-refractivity contribution is 5.92. The van der Waals surface area contributed by atoms with Crippen LogP contribution < -0.4 is 5.73 Å². The molecule has 0 unspecified atom stereocenters. The average molecular weight is 232 g/mol. The number of nitrogens with two attached hydrogens (primary N) is 1. The number of aliphatic hydroxyl groups excluding tert-OH is 1. The number of carbonyl (C=O) groups excluding carboxylic acids is 1. The van der Waals surface area contributed by atoms with Crippen molar-refractivity contribution < 1.29 is 9.90 Å². The van der Waals surface area contributed by atoms with Gasteiger partial charge in [0.2, 0.25) is 5.91 Å². The van der Waals surface area contributed by atoms with Crippen LogP contribution in [0.1, 0.15) is 12.0 Å². The fraction of sp³-hybridized carbons (Fsp3) is 0.308. The quantitative estimate of drug-likeness (QED) is 0.587. The fourth-order valence-electron chi connectivity index (χ4n) is 1.82. The van der Waals surface area contributed by atoms with E-state index in [-0.39, 0.29) is 12.0 Å². The Hall–Kier alpha value is -1.81. The second kappa shape index (κ2) is 5.01. The molecular weight excluding hydrogens is 216 g/mol. The van der Waals surface area contributed by atoms with Crippen molar-refractivity contribution in [3.63, 3.8) is 0 Å². The van der Waals surface area contributed by atoms with Gasteiger partial charge in [0.15, 0.2) is 0 Å². The van der Waals surface area contributed by atoms with Crippen molar-refractivity contribution in [2.24, 2.45) is 0 Å². The number of hydrogen-bond acceptors (Lipinski definition) is 3. The predicted octanol–water partition coefficient (Wildman–Crippen LogP) is 0.875. The molecule has 1 aromatic rings. The highest BCUT2D eigenvalue weighted by atomic mass is 16.3. The second-order valence-electron chi connectivity index (χ2n) is 4.23. The number of anilines is 1. The summed E-state index contributed by atoms with van der Waals surface area (Å²) in [6.45, 7) is 1.07. The van der Waals surface area contributed by atoms with E-state index in [1.54, 1.807) is 23.1 Å². The van der Waals surface area contributed by atoms with Crippen LogP contribution in [0.5, 0.6) is 0 Å². The third-order valence-electron chi connectivity index (χ3n) is 2.83. The number of rotatable bonds is 2. The van der Waals surface area contributed by atoms with Crippen LogP contribution >= 0.6 is 0 Å². The van der Waals surface area contributed by atoms with Gasteiger partial charge in [0.1, 0.15) is 0 Å². The molecule has 1 saturated heterocycles. The topological polar surface area (TPSA) is 66.6 Å². The molecule has 3 N–H and O–H groups in total. The largest absolute Gasteiger partial charge is 0.399 e. The van der Waals surface area contributed by atoms with E-state index in [0.717, 1.165) is 5.56 Å². The van der Waals surface area contributed by atoms with E-state index in [0.29, 0.717) is 25.2 Å². The molecule has 0 aromatic heterocycles. The first kappa shape index (κ1) is 11.7. The molecule has 0 aliphatic carbocycles. The SMILES string of the molecule is Nc1ccc(/C=C/C(=O)N2CC[C@@H](O)C2)cc1. The molecule has 1 atom stereocenters. The van der Waals surface area contributed by atoms with Crippen molar-refractivity contribution in [1.29, 1.82) is 0 Å². The van der Waals surface area contributed by atoms with Gasteiger partial charge in [-0.2, -0.15) is 0 Å². The molecule has 4 nitrogen and oxygen atoms in total. The summed E-state index contributed by atoms with van der Waals surface area (Å²) in [5, 5.41) is 9.33. The average Bonchev–Trinajstić information content (AvgIpc) is 2.75. The van der Waals surface area contributed by atoms with Crippen LogP contribution in [0.4, 0.5) is 5.69 Å². The lowest BCUT2D eigenvalue weighted by atomic mass is 10.2. The number of likely N-dealkylation sites (tertiary alicyclic amines) is 1. The molecule has 1 aliphatic heterocycles. The van der Waals surface area contributed by atoms with Gasteiger partial charge in [0.05, 0.1) is 6.10 Å². The van der Waals surface area contributed by atoms with Crippen molar-refractivity contribution >= 4 is 17.7 Å². The molecule has 0 spiro atoms. The summed E-state index contributed by atoms with van der Waals surface area (Å²) < 4.78 is 0. The molecule has 2 rings (SSSR count). The Balaban J connectivity index is 1.96. The van der Waals surface area contributed by atoms with E-state index in [2.05, 4.69) is 0 Å². The summed E-state index contributed by atoms with van der Waals surface area (Å²) in [6.07, 6.45) is 3.58. The number of β-amino-alcohol motifs (C(OH)–C–C–N with tert-alkyl or cyclic N) is 1. The van der Waals surface area contributed by atoms with E-state index < -0.39 is 0 Å². The zero-order chi connectivity index (χ0) is 12.3. The Bertz CT molecular complexity index is 426. The van der Waals surface area contributed by atoms with Gasteiger partial charge < -0.3 is 15.7 Å². The highest BCUT2D eigenvalue weighted by Crippen LogP contribution is 2.11. The summed E-state index contributed by atoms with van der Waals surface area (Å²) in [7, 11) is 0. The monoisotopic (exact) mass is 232 g/mol. The smallest absolute Gasteiger partial charge is 0.246 e. The molecule has 1 fully saturated rings. The lowest BCUT2D eigenvalue weighted by Crippen LogP contribution is -2.27. The van der Waals surface area contributed by atoms with Crippen LogP contribution in [-0.4, -0.2) is 35.1 Å². The molecule has 1 amide bonds. The van der Waals surface area contributed by atoms with Gasteiger partial charge in [-0.05, 0) is 30.2 Å². The van der Waals surface area contributed by atoms with Crippen molar-refractivity contribution in [3.05, 3.63) is 35.9 Å². The molecule has 4 heteroatoms. The minimum absolute atomic E-state index is 0.0571. The van der Waals surface area contributed by atoms with E-state index in [4.69, 9.17) is 5.73 Å². The molecule has 90 valence electrons. The summed E-state index contributed by atoms with van der Waals surface area (Å²) in [6, 6.07) is 7.31. The molecule has 1 heterocycles. The van der Waals surface area contributed by atoms with Crippen LogP contribution in [0, 0.1) is 0 Å². The van der Waals surface area contributed by atoms with Crippen LogP contribution in [0.2, 0.25) is 0 Å². The molecule has 0 saturated carbocycles. The first-order chi connectivity index (χ1) is 8.15. The van der Waals surface area contributed by atoms with Crippen molar-refractivity contribution in [1.82, 2.24) is 4.90 Å². The zero-order valence-electron chi connectivity index (χ0n) is 9.54. The summed E-state index contributed by atoms with van der Waals surface area (Å²) in [4.78, 5) is 13.4. The third-order valence-corrected chi connectivity index (χ3v) is 2.83. The highest BCUT2D eigenvalue weighted by Gasteiger charge is 2.22. The third kappa shape index (κ3) is 3.07. The maximum absolute atomic E-state index is 11.7. The van der Waals surface area contributed by atoms with Gasteiger partial charge in [-0.3, -0.25) is 4.79 Å². The number of amides is 1. The molecule has 1 aromatic carbocycles. The van der Waals surface area contributed by atoms with E-state index in [1.165, 1.54) is 6.08 Å². The minimum Gasteiger partial charge on any atom is -0.399 e. The molecule has 1 aliphatic rings. The van der Waals surface area contributed by atoms with Gasteiger partial charge in [-0.15, -0.1) is 0 Å². The van der Waals surface area contributed by atoms with E-state index in [1.807, 2.05) is 12.1 Å². The Morgan fingerprint density at radius 1 is 1.41 bits per heavy atom. The van der Waals surface area contributed by atoms with E-state index in [9.17, 15) is 9.90 Å². The number of aliphatic hydroxyl groups is 1. The Morgan fingerprint density at radius 3 is 2.71 bits per heavy atom. The predicted molar refractivity (Wildman–Crippen MR) is 67.1 cm³/mol. The van der Waals surface area contributed by atoms with Gasteiger partial charge in [0.25, 0.3) is 0 Å². The first-order valence-electron chi connectivity index (χ1n) is 5.66. The number of nitrogen functional groups attached to an aromatic ring is 1. The van der Waals surface area contributed by atoms with Gasteiger partial charge in [-0.1, -0.05) is 12.1 Å². The molecule has 0 bridgehead atoms. The standard InChI is InChI=1S/C13H16N2O2/c14-11-4-1-10(2-5-11)3-6-13(17)15-8-7-12(16)9-15/h1-6,12,16H,7-9,14H2/b6-3+/t12-/m1/s1. The Kier molecular flexibility index (Phi) is 3.44. The van der Waals surface area contributed by atoms with Gasteiger partial charge in [0, 0.05) is 24.9 Å². The fourth-order valence-corrected chi connectivity index (χ4v) is 1.82. The summed E-state index contributed by atoms with van der Waals surface area (Å²) >= 11 is 0. The van der Waals surface area contributed by atoms with Crippen molar-refractivity contribution in [2.45, 2.75) is 12.5 Å². The van der Waals surface area contributed by atoms with Gasteiger partial charge >= 0.3 is 0 Å². The minimum atomic E-state index is -0.371. The summed E-state index contributed by atoms with van der Waals surface area (Å²) in [5.74, 6) is -0.0571. The van der Waals surface area contributed by atoms with Crippen molar-refractivity contribution in [3.8, 4) is 0 Å². The van der Waals surface area contributed by atoms with Crippen LogP contribution in [-0.2, 0) is 4.79 Å². The molecule has 17 heavy (non-hydrogen) atoms. The Morgan fingerprint density at radius 2 is 2.12 bits per heavy atom. The Labute approximate surface area is 100 Å². The summed E-state index contributed by atoms with van der Waals surface area (Å²) in [5.41, 5.74) is 7.21. The number of carbonyl (C=O) groups is 1. The van der Waals surface area contributed by atoms with Crippen molar-refractivity contribution in [2.75, 3.05) is 18.8 Å². The maximum atomic E-state index is 11.7. The molecular formula is C13H16N2O2. The van der Waals surface area contributed by atoms with E-state index >= 15 is 0 Å². The van der Waals surface area contributed by atoms with Crippen LogP contribution in [0.15, 0.2) is 30.3 Å². The lowest BCUT2D eigenvalue weighted by Gasteiger charge is -2.12. The first-order valence-corrected chi connectivity index (χ1v) is 5.66.